The molecule has 3 N–H and O–H groups in total. The van der Waals surface area contributed by atoms with Gasteiger partial charge in [-0.1, -0.05) is 30.9 Å². The number of aliphatic hydroxyl groups excluding tert-OH is 1. The molecule has 1 unspecified atom stereocenters. The summed E-state index contributed by atoms with van der Waals surface area (Å²) in [6, 6.07) is 1.61. The highest BCUT2D eigenvalue weighted by Crippen LogP contribution is 2.32. The second kappa shape index (κ2) is 7.67. The summed E-state index contributed by atoms with van der Waals surface area (Å²) < 4.78 is 0. The lowest BCUT2D eigenvalue weighted by Gasteiger charge is -2.11. The van der Waals surface area contributed by atoms with Crippen molar-refractivity contribution in [3.8, 4) is 0 Å². The van der Waals surface area contributed by atoms with Gasteiger partial charge in [0.15, 0.2) is 0 Å². The first kappa shape index (κ1) is 16.2. The Bertz CT molecular complexity index is 543. The predicted octanol–water partition coefficient (Wildman–Crippen LogP) is 3.38. The Kier molecular flexibility index (Phi) is 6.21. The van der Waals surface area contributed by atoms with E-state index in [9.17, 15) is 9.90 Å². The molecule has 0 aliphatic carbocycles. The van der Waals surface area contributed by atoms with Crippen molar-refractivity contribution >= 4 is 28.6 Å². The van der Waals surface area contributed by atoms with E-state index >= 15 is 0 Å². The Balaban J connectivity index is 3.08. The van der Waals surface area contributed by atoms with Gasteiger partial charge in [0, 0.05) is 10.9 Å². The molecule has 108 valence electrons. The van der Waals surface area contributed by atoms with Crippen LogP contribution in [0.2, 0.25) is 0 Å². The second-order valence-electron chi connectivity index (χ2n) is 4.36. The highest BCUT2D eigenvalue weighted by molar-refractivity contribution is 7.15. The van der Waals surface area contributed by atoms with E-state index < -0.39 is 5.97 Å². The van der Waals surface area contributed by atoms with Crippen LogP contribution in [0.1, 0.15) is 28.4 Å². The van der Waals surface area contributed by atoms with Gasteiger partial charge in [0.2, 0.25) is 0 Å². The van der Waals surface area contributed by atoms with Crippen LogP contribution in [0, 0.1) is 0 Å². The summed E-state index contributed by atoms with van der Waals surface area (Å²) in [7, 11) is 0. The van der Waals surface area contributed by atoms with Gasteiger partial charge in [-0.3, -0.25) is 0 Å². The Morgan fingerprint density at radius 1 is 1.55 bits per heavy atom. The molecule has 4 nitrogen and oxygen atoms in total. The van der Waals surface area contributed by atoms with Gasteiger partial charge in [0.25, 0.3) is 0 Å². The number of aromatic carboxylic acids is 1. The molecular weight excluding hydrogens is 274 g/mol. The maximum atomic E-state index is 11.2. The van der Waals surface area contributed by atoms with Crippen LogP contribution in [0.3, 0.4) is 0 Å². The third kappa shape index (κ3) is 4.36. The maximum absolute atomic E-state index is 11.2. The van der Waals surface area contributed by atoms with Crippen molar-refractivity contribution in [2.24, 2.45) is 0 Å². The Morgan fingerprint density at radius 2 is 2.25 bits per heavy atom. The van der Waals surface area contributed by atoms with Gasteiger partial charge in [0.1, 0.15) is 4.88 Å². The molecule has 0 aromatic carbocycles. The Labute approximate surface area is 122 Å². The van der Waals surface area contributed by atoms with Gasteiger partial charge in [-0.15, -0.1) is 11.3 Å². The van der Waals surface area contributed by atoms with E-state index in [0.29, 0.717) is 5.69 Å². The molecular formula is C15H19NO3S. The highest BCUT2D eigenvalue weighted by atomic mass is 32.1. The monoisotopic (exact) mass is 293 g/mol. The molecule has 20 heavy (non-hydrogen) atoms. The van der Waals surface area contributed by atoms with Crippen molar-refractivity contribution in [3.63, 3.8) is 0 Å². The van der Waals surface area contributed by atoms with E-state index in [-0.39, 0.29) is 17.5 Å². The molecule has 0 saturated carbocycles. The van der Waals surface area contributed by atoms with Gasteiger partial charge in [-0.25, -0.2) is 4.79 Å². The van der Waals surface area contributed by atoms with Crippen LogP contribution >= 0.6 is 11.3 Å². The first-order chi connectivity index (χ1) is 9.49. The van der Waals surface area contributed by atoms with Crippen molar-refractivity contribution in [1.82, 2.24) is 0 Å². The summed E-state index contributed by atoms with van der Waals surface area (Å²) in [5, 5.41) is 21.3. The zero-order chi connectivity index (χ0) is 15.1. The average Bonchev–Trinajstić information content (AvgIpc) is 2.82. The van der Waals surface area contributed by atoms with Crippen molar-refractivity contribution in [2.45, 2.75) is 19.9 Å². The highest BCUT2D eigenvalue weighted by Gasteiger charge is 2.17. The topological polar surface area (TPSA) is 69.6 Å². The zero-order valence-corrected chi connectivity index (χ0v) is 12.4. The maximum Gasteiger partial charge on any atom is 0.348 e. The number of allylic oxidation sites excluding steroid dienone is 5. The van der Waals surface area contributed by atoms with E-state index in [2.05, 4.69) is 11.9 Å². The number of carbonyl (C=O) groups is 1. The number of anilines is 1. The molecule has 0 radical (unpaired) electrons. The number of hydrogen-bond donors (Lipinski definition) is 3. The van der Waals surface area contributed by atoms with Crippen LogP contribution in [0.25, 0.3) is 5.57 Å². The summed E-state index contributed by atoms with van der Waals surface area (Å²) in [5.41, 5.74) is 1.51. The molecule has 1 heterocycles. The summed E-state index contributed by atoms with van der Waals surface area (Å²) in [6.07, 6.45) is 7.24. The minimum absolute atomic E-state index is 0.0544. The number of hydrogen-bond acceptors (Lipinski definition) is 4. The van der Waals surface area contributed by atoms with Gasteiger partial charge in [-0.05, 0) is 25.5 Å². The summed E-state index contributed by atoms with van der Waals surface area (Å²) >= 11 is 1.21. The minimum Gasteiger partial charge on any atom is -0.477 e. The molecule has 0 saturated heterocycles. The SMILES string of the molecule is C=CC=CC=C(C)c1cc(NC(C)CO)c(C(=O)O)s1. The molecule has 0 aliphatic heterocycles. The third-order valence-electron chi connectivity index (χ3n) is 2.58. The first-order valence-corrected chi connectivity index (χ1v) is 7.02. The number of aliphatic hydroxyl groups is 1. The molecule has 0 aliphatic rings. The van der Waals surface area contributed by atoms with E-state index in [1.807, 2.05) is 25.2 Å². The Morgan fingerprint density at radius 3 is 2.80 bits per heavy atom. The van der Waals surface area contributed by atoms with Crippen molar-refractivity contribution in [3.05, 3.63) is 46.7 Å². The van der Waals surface area contributed by atoms with Crippen molar-refractivity contribution < 1.29 is 15.0 Å². The normalized spacial score (nSPS) is 13.4. The molecule has 0 spiro atoms. The fourth-order valence-corrected chi connectivity index (χ4v) is 2.46. The first-order valence-electron chi connectivity index (χ1n) is 6.20. The largest absolute Gasteiger partial charge is 0.477 e. The quantitative estimate of drug-likeness (QED) is 0.674. The smallest absolute Gasteiger partial charge is 0.348 e. The van der Waals surface area contributed by atoms with Crippen molar-refractivity contribution in [1.29, 1.82) is 0 Å². The van der Waals surface area contributed by atoms with Gasteiger partial charge in [0.05, 0.1) is 12.3 Å². The molecule has 0 bridgehead atoms. The molecule has 1 rings (SSSR count). The molecule has 0 fully saturated rings. The lowest BCUT2D eigenvalue weighted by atomic mass is 10.2. The van der Waals surface area contributed by atoms with E-state index in [1.165, 1.54) is 11.3 Å². The molecule has 5 heteroatoms. The fraction of sp³-hybridized carbons (Fsp3) is 0.267. The van der Waals surface area contributed by atoms with E-state index in [0.717, 1.165) is 10.5 Å². The van der Waals surface area contributed by atoms with Crippen molar-refractivity contribution in [2.75, 3.05) is 11.9 Å². The second-order valence-corrected chi connectivity index (χ2v) is 5.41. The van der Waals surface area contributed by atoms with Crippen LogP contribution in [0.5, 0.6) is 0 Å². The standard InChI is InChI=1S/C15H19NO3S/c1-4-5-6-7-10(2)13-8-12(16-11(3)9-17)14(20-13)15(18)19/h4-8,11,16-17H,1,9H2,2-3H3,(H,18,19). The number of rotatable bonds is 7. The summed E-state index contributed by atoms with van der Waals surface area (Å²) in [6.45, 7) is 7.25. The summed E-state index contributed by atoms with van der Waals surface area (Å²) in [4.78, 5) is 12.4. The molecule has 0 amide bonds. The third-order valence-corrected chi connectivity index (χ3v) is 3.84. The van der Waals surface area contributed by atoms with E-state index in [1.54, 1.807) is 19.1 Å². The molecule has 1 aromatic heterocycles. The van der Waals surface area contributed by atoms with Crippen LogP contribution in [0.4, 0.5) is 5.69 Å². The predicted molar refractivity (Wildman–Crippen MR) is 84.4 cm³/mol. The molecule has 1 aromatic rings. The molecule has 1 atom stereocenters. The number of nitrogens with one attached hydrogen (secondary N) is 1. The van der Waals surface area contributed by atoms with E-state index in [4.69, 9.17) is 5.11 Å². The van der Waals surface area contributed by atoms with Crippen LogP contribution in [0.15, 0.2) is 36.9 Å². The van der Waals surface area contributed by atoms with Crippen LogP contribution < -0.4 is 5.32 Å². The Hall–Kier alpha value is -1.85. The number of carboxylic acid groups (broad SMARTS) is 1. The van der Waals surface area contributed by atoms with Gasteiger partial charge >= 0.3 is 5.97 Å². The van der Waals surface area contributed by atoms with Crippen LogP contribution in [-0.4, -0.2) is 28.8 Å². The van der Waals surface area contributed by atoms with Crippen LogP contribution in [-0.2, 0) is 0 Å². The van der Waals surface area contributed by atoms with Gasteiger partial charge < -0.3 is 15.5 Å². The number of carboxylic acids is 1. The summed E-state index contributed by atoms with van der Waals surface area (Å²) in [5.74, 6) is -0.969. The fourth-order valence-electron chi connectivity index (χ4n) is 1.52. The lowest BCUT2D eigenvalue weighted by Crippen LogP contribution is -2.20. The lowest BCUT2D eigenvalue weighted by molar-refractivity contribution is 0.0703. The zero-order valence-electron chi connectivity index (χ0n) is 11.6. The minimum atomic E-state index is -0.969. The average molecular weight is 293 g/mol. The van der Waals surface area contributed by atoms with Gasteiger partial charge in [-0.2, -0.15) is 0 Å². The number of thiophene rings is 1.